The number of rotatable bonds is 4. The normalized spacial score (nSPS) is 11.8. The highest BCUT2D eigenvalue weighted by Crippen LogP contribution is 2.28. The van der Waals surface area contributed by atoms with Crippen molar-refractivity contribution in [1.29, 1.82) is 0 Å². The highest BCUT2D eigenvalue weighted by Gasteiger charge is 2.09. The van der Waals surface area contributed by atoms with Gasteiger partial charge in [-0.2, -0.15) is 0 Å². The zero-order chi connectivity index (χ0) is 15.4. The third kappa shape index (κ3) is 4.08. The van der Waals surface area contributed by atoms with Crippen molar-refractivity contribution in [2.24, 2.45) is 0 Å². The van der Waals surface area contributed by atoms with Crippen molar-refractivity contribution >= 4 is 33.2 Å². The summed E-state index contributed by atoms with van der Waals surface area (Å²) in [5.74, 6) is -0.0610. The molecule has 0 aliphatic heterocycles. The van der Waals surface area contributed by atoms with Crippen LogP contribution in [0.15, 0.2) is 46.9 Å². The number of aryl methyl sites for hydroxylation is 1. The molecular weight excluding hydrogens is 328 g/mol. The molecule has 1 amide bonds. The number of amides is 1. The Labute approximate surface area is 133 Å². The molecule has 2 N–H and O–H groups in total. The number of hydrogen-bond acceptors (Lipinski definition) is 2. The summed E-state index contributed by atoms with van der Waals surface area (Å²) in [5, 5.41) is 6.31. The van der Waals surface area contributed by atoms with Crippen molar-refractivity contribution in [3.63, 3.8) is 0 Å². The standard InChI is InChI=1S/C17H19BrN2O/c1-11-8-9-14(10-17(11)20-13(3)21)19-12(2)15-6-4-5-7-16(15)18/h4-10,12,19H,1-3H3,(H,20,21). The Morgan fingerprint density at radius 3 is 2.57 bits per heavy atom. The van der Waals surface area contributed by atoms with E-state index >= 15 is 0 Å². The number of carbonyl (C=O) groups excluding carboxylic acids is 1. The number of hydrogen-bond donors (Lipinski definition) is 2. The molecule has 0 fully saturated rings. The Balaban J connectivity index is 2.20. The van der Waals surface area contributed by atoms with Crippen LogP contribution in [-0.4, -0.2) is 5.91 Å². The lowest BCUT2D eigenvalue weighted by molar-refractivity contribution is -0.114. The van der Waals surface area contributed by atoms with Gasteiger partial charge in [0.15, 0.2) is 0 Å². The molecule has 0 aliphatic rings. The molecule has 110 valence electrons. The third-order valence-electron chi connectivity index (χ3n) is 3.30. The van der Waals surface area contributed by atoms with Crippen LogP contribution in [0.2, 0.25) is 0 Å². The van der Waals surface area contributed by atoms with Crippen molar-refractivity contribution in [2.45, 2.75) is 26.8 Å². The summed E-state index contributed by atoms with van der Waals surface area (Å²) < 4.78 is 1.08. The molecule has 0 radical (unpaired) electrons. The SMILES string of the molecule is CC(=O)Nc1cc(NC(C)c2ccccc2Br)ccc1C. The minimum atomic E-state index is -0.0610. The van der Waals surface area contributed by atoms with Crippen molar-refractivity contribution in [3.8, 4) is 0 Å². The average Bonchev–Trinajstić information content (AvgIpc) is 2.42. The summed E-state index contributed by atoms with van der Waals surface area (Å²) in [6, 6.07) is 14.3. The van der Waals surface area contributed by atoms with Gasteiger partial charge in [0.25, 0.3) is 0 Å². The molecule has 2 rings (SSSR count). The van der Waals surface area contributed by atoms with E-state index in [9.17, 15) is 4.79 Å². The molecular formula is C17H19BrN2O. The second kappa shape index (κ2) is 6.76. The first-order valence-electron chi connectivity index (χ1n) is 6.86. The number of anilines is 2. The van der Waals surface area contributed by atoms with Crippen molar-refractivity contribution < 1.29 is 4.79 Å². The first kappa shape index (κ1) is 15.6. The molecule has 3 nitrogen and oxygen atoms in total. The van der Waals surface area contributed by atoms with Crippen molar-refractivity contribution in [3.05, 3.63) is 58.1 Å². The van der Waals surface area contributed by atoms with Gasteiger partial charge in [-0.05, 0) is 43.2 Å². The summed E-state index contributed by atoms with van der Waals surface area (Å²) in [6.07, 6.45) is 0. The summed E-state index contributed by atoms with van der Waals surface area (Å²) in [7, 11) is 0. The molecule has 0 aliphatic carbocycles. The van der Waals surface area contributed by atoms with Crippen LogP contribution in [0.25, 0.3) is 0 Å². The fourth-order valence-corrected chi connectivity index (χ4v) is 2.82. The van der Waals surface area contributed by atoms with E-state index in [4.69, 9.17) is 0 Å². The smallest absolute Gasteiger partial charge is 0.221 e. The topological polar surface area (TPSA) is 41.1 Å². The largest absolute Gasteiger partial charge is 0.378 e. The van der Waals surface area contributed by atoms with Crippen LogP contribution in [0, 0.1) is 6.92 Å². The van der Waals surface area contributed by atoms with Gasteiger partial charge in [-0.3, -0.25) is 4.79 Å². The lowest BCUT2D eigenvalue weighted by atomic mass is 10.1. The number of benzene rings is 2. The molecule has 0 saturated carbocycles. The van der Waals surface area contributed by atoms with E-state index in [2.05, 4.69) is 39.6 Å². The van der Waals surface area contributed by atoms with E-state index in [1.807, 2.05) is 43.3 Å². The summed E-state index contributed by atoms with van der Waals surface area (Å²) in [4.78, 5) is 11.2. The maximum atomic E-state index is 11.2. The van der Waals surface area contributed by atoms with E-state index in [1.165, 1.54) is 12.5 Å². The quantitative estimate of drug-likeness (QED) is 0.827. The van der Waals surface area contributed by atoms with Crippen LogP contribution >= 0.6 is 15.9 Å². The predicted molar refractivity (Wildman–Crippen MR) is 91.7 cm³/mol. The predicted octanol–water partition coefficient (Wildman–Crippen LogP) is 4.89. The molecule has 2 aromatic carbocycles. The van der Waals surface area contributed by atoms with E-state index < -0.39 is 0 Å². The van der Waals surface area contributed by atoms with Gasteiger partial charge in [0.05, 0.1) is 0 Å². The Kier molecular flexibility index (Phi) is 5.02. The molecule has 1 atom stereocenters. The van der Waals surface area contributed by atoms with Gasteiger partial charge in [0.2, 0.25) is 5.91 Å². The highest BCUT2D eigenvalue weighted by molar-refractivity contribution is 9.10. The lowest BCUT2D eigenvalue weighted by Gasteiger charge is -2.18. The molecule has 0 saturated heterocycles. The second-order valence-electron chi connectivity index (χ2n) is 5.10. The molecule has 0 heterocycles. The molecule has 4 heteroatoms. The monoisotopic (exact) mass is 346 g/mol. The Morgan fingerprint density at radius 1 is 1.19 bits per heavy atom. The van der Waals surface area contributed by atoms with Crippen molar-refractivity contribution in [1.82, 2.24) is 0 Å². The first-order valence-corrected chi connectivity index (χ1v) is 7.66. The van der Waals surface area contributed by atoms with Gasteiger partial charge in [0, 0.05) is 28.8 Å². The fraction of sp³-hybridized carbons (Fsp3) is 0.235. The summed E-state index contributed by atoms with van der Waals surface area (Å²) in [6.45, 7) is 5.60. The van der Waals surface area contributed by atoms with Gasteiger partial charge in [-0.25, -0.2) is 0 Å². The summed E-state index contributed by atoms with van der Waals surface area (Å²) in [5.41, 5.74) is 4.06. The zero-order valence-corrected chi connectivity index (χ0v) is 14.0. The Morgan fingerprint density at radius 2 is 1.90 bits per heavy atom. The minimum absolute atomic E-state index is 0.0610. The van der Waals surface area contributed by atoms with Gasteiger partial charge in [0.1, 0.15) is 0 Å². The maximum absolute atomic E-state index is 11.2. The number of carbonyl (C=O) groups is 1. The van der Waals surface area contributed by atoms with Gasteiger partial charge in [-0.1, -0.05) is 40.2 Å². The first-order chi connectivity index (χ1) is 9.97. The third-order valence-corrected chi connectivity index (χ3v) is 4.03. The average molecular weight is 347 g/mol. The van der Waals surface area contributed by atoms with E-state index in [0.29, 0.717) is 0 Å². The second-order valence-corrected chi connectivity index (χ2v) is 5.95. The Hall–Kier alpha value is -1.81. The van der Waals surface area contributed by atoms with Gasteiger partial charge >= 0.3 is 0 Å². The molecule has 0 aromatic heterocycles. The van der Waals surface area contributed by atoms with Crippen molar-refractivity contribution in [2.75, 3.05) is 10.6 Å². The van der Waals surface area contributed by atoms with E-state index in [1.54, 1.807) is 0 Å². The van der Waals surface area contributed by atoms with E-state index in [0.717, 1.165) is 21.4 Å². The van der Waals surface area contributed by atoms with Crippen LogP contribution < -0.4 is 10.6 Å². The molecule has 1 unspecified atom stereocenters. The van der Waals surface area contributed by atoms with Gasteiger partial charge in [-0.15, -0.1) is 0 Å². The Bertz CT molecular complexity index is 655. The maximum Gasteiger partial charge on any atom is 0.221 e. The van der Waals surface area contributed by atoms with Gasteiger partial charge < -0.3 is 10.6 Å². The number of halogens is 1. The molecule has 0 bridgehead atoms. The number of nitrogens with one attached hydrogen (secondary N) is 2. The van der Waals surface area contributed by atoms with E-state index in [-0.39, 0.29) is 11.9 Å². The molecule has 0 spiro atoms. The molecule has 21 heavy (non-hydrogen) atoms. The highest BCUT2D eigenvalue weighted by atomic mass is 79.9. The van der Waals surface area contributed by atoms with Crippen LogP contribution in [0.5, 0.6) is 0 Å². The summed E-state index contributed by atoms with van der Waals surface area (Å²) >= 11 is 3.57. The van der Waals surface area contributed by atoms with Crippen LogP contribution in [0.1, 0.15) is 31.0 Å². The molecule has 2 aromatic rings. The minimum Gasteiger partial charge on any atom is -0.378 e. The lowest BCUT2D eigenvalue weighted by Crippen LogP contribution is -2.10. The van der Waals surface area contributed by atoms with Crippen LogP contribution in [0.4, 0.5) is 11.4 Å². The fourth-order valence-electron chi connectivity index (χ4n) is 2.19. The zero-order valence-electron chi connectivity index (χ0n) is 12.4. The van der Waals surface area contributed by atoms with Crippen LogP contribution in [0.3, 0.4) is 0 Å². The van der Waals surface area contributed by atoms with Crippen LogP contribution in [-0.2, 0) is 4.79 Å².